The molecule has 4 heteroatoms. The van der Waals surface area contributed by atoms with Gasteiger partial charge in [-0.3, -0.25) is 0 Å². The van der Waals surface area contributed by atoms with Crippen molar-refractivity contribution in [2.75, 3.05) is 6.61 Å². The number of nitrogens with one attached hydrogen (secondary N) is 2. The number of thiocarbonyl (C=S) groups is 1. The van der Waals surface area contributed by atoms with Crippen LogP contribution in [0, 0.1) is 0 Å². The molecule has 0 aromatic carbocycles. The van der Waals surface area contributed by atoms with Crippen molar-refractivity contribution in [1.29, 1.82) is 0 Å². The lowest BCUT2D eigenvalue weighted by Crippen LogP contribution is -2.49. The summed E-state index contributed by atoms with van der Waals surface area (Å²) in [5.74, 6) is 0. The molecule has 2 N–H and O–H groups in total. The maximum atomic E-state index is 5.67. The second-order valence-electron chi connectivity index (χ2n) is 5.19. The zero-order valence-corrected chi connectivity index (χ0v) is 10.3. The van der Waals surface area contributed by atoms with Gasteiger partial charge in [0.05, 0.1) is 5.60 Å². The summed E-state index contributed by atoms with van der Waals surface area (Å²) in [7, 11) is 0. The Hall–Kier alpha value is -0.350. The highest BCUT2D eigenvalue weighted by molar-refractivity contribution is 7.80. The standard InChI is InChI=1S/C11H20N2OS/c1-11(2)7-9(5-6-14-11)13-10(15)12-8-3-4-8/h8-9H,3-7H2,1-2H3,(H2,12,13,15). The molecule has 1 aliphatic carbocycles. The largest absolute Gasteiger partial charge is 0.375 e. The van der Waals surface area contributed by atoms with Gasteiger partial charge < -0.3 is 15.4 Å². The van der Waals surface area contributed by atoms with Crippen LogP contribution in [-0.2, 0) is 4.74 Å². The lowest BCUT2D eigenvalue weighted by atomic mass is 9.94. The Kier molecular flexibility index (Phi) is 3.16. The van der Waals surface area contributed by atoms with Gasteiger partial charge in [-0.1, -0.05) is 0 Å². The molecule has 0 amide bonds. The fraction of sp³-hybridized carbons (Fsp3) is 0.909. The van der Waals surface area contributed by atoms with E-state index in [9.17, 15) is 0 Å². The summed E-state index contributed by atoms with van der Waals surface area (Å²) < 4.78 is 5.67. The van der Waals surface area contributed by atoms with Crippen LogP contribution >= 0.6 is 12.2 Å². The van der Waals surface area contributed by atoms with Gasteiger partial charge in [0, 0.05) is 18.7 Å². The number of hydrogen-bond acceptors (Lipinski definition) is 2. The van der Waals surface area contributed by atoms with Crippen LogP contribution in [-0.4, -0.2) is 29.4 Å². The van der Waals surface area contributed by atoms with Gasteiger partial charge in [0.1, 0.15) is 0 Å². The molecule has 0 radical (unpaired) electrons. The number of ether oxygens (including phenoxy) is 1. The first-order valence-corrected chi connectivity index (χ1v) is 6.17. The Morgan fingerprint density at radius 3 is 2.47 bits per heavy atom. The van der Waals surface area contributed by atoms with Crippen molar-refractivity contribution in [3.05, 3.63) is 0 Å². The maximum Gasteiger partial charge on any atom is 0.166 e. The predicted octanol–water partition coefficient (Wildman–Crippen LogP) is 1.57. The van der Waals surface area contributed by atoms with Crippen molar-refractivity contribution in [1.82, 2.24) is 10.6 Å². The van der Waals surface area contributed by atoms with Gasteiger partial charge in [0.15, 0.2) is 5.11 Å². The number of rotatable bonds is 2. The van der Waals surface area contributed by atoms with Crippen LogP contribution in [0.3, 0.4) is 0 Å². The minimum absolute atomic E-state index is 0.00882. The normalized spacial score (nSPS) is 29.6. The summed E-state index contributed by atoms with van der Waals surface area (Å²) >= 11 is 5.26. The van der Waals surface area contributed by atoms with E-state index in [0.29, 0.717) is 12.1 Å². The third-order valence-corrected chi connectivity index (χ3v) is 3.18. The molecule has 1 saturated heterocycles. The summed E-state index contributed by atoms with van der Waals surface area (Å²) in [6, 6.07) is 1.10. The highest BCUT2D eigenvalue weighted by atomic mass is 32.1. The fourth-order valence-corrected chi connectivity index (χ4v) is 2.33. The molecule has 0 spiro atoms. The third-order valence-electron chi connectivity index (χ3n) is 2.94. The minimum Gasteiger partial charge on any atom is -0.375 e. The summed E-state index contributed by atoms with van der Waals surface area (Å²) in [4.78, 5) is 0. The molecule has 0 aromatic heterocycles. The van der Waals surface area contributed by atoms with Gasteiger partial charge in [0.25, 0.3) is 0 Å². The molecule has 15 heavy (non-hydrogen) atoms. The average molecular weight is 228 g/mol. The summed E-state index contributed by atoms with van der Waals surface area (Å²) in [6.07, 6.45) is 4.61. The molecule has 0 aromatic rings. The summed E-state index contributed by atoms with van der Waals surface area (Å²) in [6.45, 7) is 5.10. The van der Waals surface area contributed by atoms with E-state index in [4.69, 9.17) is 17.0 Å². The fourth-order valence-electron chi connectivity index (χ4n) is 2.00. The van der Waals surface area contributed by atoms with Crippen molar-refractivity contribution < 1.29 is 4.74 Å². The maximum absolute atomic E-state index is 5.67. The highest BCUT2D eigenvalue weighted by Gasteiger charge is 2.30. The average Bonchev–Trinajstić information content (AvgIpc) is 2.85. The molecule has 1 atom stereocenters. The van der Waals surface area contributed by atoms with Crippen molar-refractivity contribution in [3.63, 3.8) is 0 Å². The van der Waals surface area contributed by atoms with E-state index >= 15 is 0 Å². The van der Waals surface area contributed by atoms with Gasteiger partial charge in [-0.25, -0.2) is 0 Å². The molecule has 0 bridgehead atoms. The Labute approximate surface area is 96.9 Å². The lowest BCUT2D eigenvalue weighted by molar-refractivity contribution is -0.0604. The van der Waals surface area contributed by atoms with E-state index in [1.807, 2.05) is 0 Å². The monoisotopic (exact) mass is 228 g/mol. The Morgan fingerprint density at radius 1 is 1.20 bits per heavy atom. The second kappa shape index (κ2) is 4.26. The van der Waals surface area contributed by atoms with Gasteiger partial charge in [-0.05, 0) is 51.7 Å². The zero-order chi connectivity index (χ0) is 10.9. The van der Waals surface area contributed by atoms with Crippen molar-refractivity contribution >= 4 is 17.3 Å². The lowest BCUT2D eigenvalue weighted by Gasteiger charge is -2.36. The first kappa shape index (κ1) is 11.1. The smallest absolute Gasteiger partial charge is 0.166 e. The molecule has 1 aliphatic heterocycles. The third kappa shape index (κ3) is 3.61. The predicted molar refractivity (Wildman–Crippen MR) is 64.9 cm³/mol. The van der Waals surface area contributed by atoms with Crippen LogP contribution in [0.1, 0.15) is 39.5 Å². The molecule has 1 saturated carbocycles. The molecule has 2 rings (SSSR count). The Morgan fingerprint density at radius 2 is 1.87 bits per heavy atom. The molecular weight excluding hydrogens is 208 g/mol. The van der Waals surface area contributed by atoms with Crippen molar-refractivity contribution in [2.45, 2.75) is 57.2 Å². The quantitative estimate of drug-likeness (QED) is 0.703. The first-order chi connectivity index (χ1) is 7.05. The van der Waals surface area contributed by atoms with E-state index in [-0.39, 0.29) is 5.60 Å². The van der Waals surface area contributed by atoms with Crippen LogP contribution in [0.4, 0.5) is 0 Å². The van der Waals surface area contributed by atoms with E-state index < -0.39 is 0 Å². The van der Waals surface area contributed by atoms with Gasteiger partial charge in [0.2, 0.25) is 0 Å². The SMILES string of the molecule is CC1(C)CC(NC(=S)NC2CC2)CCO1. The number of hydrogen-bond donors (Lipinski definition) is 2. The summed E-state index contributed by atoms with van der Waals surface area (Å²) in [5, 5.41) is 7.51. The Balaban J connectivity index is 1.75. The van der Waals surface area contributed by atoms with E-state index in [1.165, 1.54) is 12.8 Å². The topological polar surface area (TPSA) is 33.3 Å². The molecule has 2 fully saturated rings. The van der Waals surface area contributed by atoms with Crippen LogP contribution in [0.2, 0.25) is 0 Å². The molecule has 86 valence electrons. The zero-order valence-electron chi connectivity index (χ0n) is 9.51. The van der Waals surface area contributed by atoms with Gasteiger partial charge >= 0.3 is 0 Å². The van der Waals surface area contributed by atoms with Crippen LogP contribution in [0.15, 0.2) is 0 Å². The molecule has 1 heterocycles. The van der Waals surface area contributed by atoms with Crippen LogP contribution in [0.25, 0.3) is 0 Å². The first-order valence-electron chi connectivity index (χ1n) is 5.76. The van der Waals surface area contributed by atoms with E-state index in [1.54, 1.807) is 0 Å². The van der Waals surface area contributed by atoms with Crippen LogP contribution < -0.4 is 10.6 Å². The van der Waals surface area contributed by atoms with Gasteiger partial charge in [-0.15, -0.1) is 0 Å². The van der Waals surface area contributed by atoms with Crippen molar-refractivity contribution in [2.24, 2.45) is 0 Å². The highest BCUT2D eigenvalue weighted by Crippen LogP contribution is 2.24. The minimum atomic E-state index is -0.00882. The molecule has 3 nitrogen and oxygen atoms in total. The van der Waals surface area contributed by atoms with E-state index in [2.05, 4.69) is 24.5 Å². The van der Waals surface area contributed by atoms with Crippen LogP contribution in [0.5, 0.6) is 0 Å². The van der Waals surface area contributed by atoms with Gasteiger partial charge in [-0.2, -0.15) is 0 Å². The molecule has 1 unspecified atom stereocenters. The van der Waals surface area contributed by atoms with Crippen molar-refractivity contribution in [3.8, 4) is 0 Å². The Bertz CT molecular complexity index is 251. The molecular formula is C11H20N2OS. The summed E-state index contributed by atoms with van der Waals surface area (Å²) in [5.41, 5.74) is -0.00882. The van der Waals surface area contributed by atoms with E-state index in [0.717, 1.165) is 24.6 Å². The second-order valence-corrected chi connectivity index (χ2v) is 5.60. The molecule has 2 aliphatic rings.